The largest absolute Gasteiger partial charge is 0.505 e. The molecular weight excluding hydrogens is 229 g/mol. The van der Waals surface area contributed by atoms with Crippen molar-refractivity contribution in [1.29, 1.82) is 0 Å². The van der Waals surface area contributed by atoms with Crippen LogP contribution in [-0.4, -0.2) is 11.7 Å². The molecule has 2 rings (SSSR count). The van der Waals surface area contributed by atoms with Gasteiger partial charge in [-0.1, -0.05) is 18.6 Å². The minimum atomic E-state index is -0.576. The average Bonchev–Trinajstić information content (AvgIpc) is 2.29. The van der Waals surface area contributed by atoms with Crippen LogP contribution in [0.15, 0.2) is 29.8 Å². The first kappa shape index (κ1) is 12.9. The molecule has 98 valence electrons. The summed E-state index contributed by atoms with van der Waals surface area (Å²) < 4.78 is 13.2. The molecule has 0 amide bonds. The van der Waals surface area contributed by atoms with Crippen molar-refractivity contribution in [3.8, 4) is 5.75 Å². The number of halogens is 1. The summed E-state index contributed by atoms with van der Waals surface area (Å²) in [5.74, 6) is 0.350. The van der Waals surface area contributed by atoms with Crippen LogP contribution >= 0.6 is 0 Å². The van der Waals surface area contributed by atoms with Crippen LogP contribution in [0.2, 0.25) is 0 Å². The summed E-state index contributed by atoms with van der Waals surface area (Å²) >= 11 is 0. The minimum Gasteiger partial charge on any atom is -0.505 e. The Labute approximate surface area is 108 Å². The van der Waals surface area contributed by atoms with Gasteiger partial charge < -0.3 is 10.4 Å². The van der Waals surface area contributed by atoms with Crippen LogP contribution in [-0.2, 0) is 0 Å². The van der Waals surface area contributed by atoms with E-state index in [-0.39, 0.29) is 5.75 Å². The monoisotopic (exact) mass is 249 g/mol. The molecule has 2 N–H and O–H groups in total. The Balaban J connectivity index is 1.92. The molecule has 0 aromatic heterocycles. The van der Waals surface area contributed by atoms with Crippen LogP contribution < -0.4 is 5.32 Å². The van der Waals surface area contributed by atoms with Crippen molar-refractivity contribution in [2.75, 3.05) is 11.9 Å². The Bertz CT molecular complexity index is 456. The summed E-state index contributed by atoms with van der Waals surface area (Å²) in [5, 5.41) is 12.4. The van der Waals surface area contributed by atoms with E-state index in [0.717, 1.165) is 18.7 Å². The van der Waals surface area contributed by atoms with Gasteiger partial charge in [-0.25, -0.2) is 4.39 Å². The number of hydrogen-bond donors (Lipinski definition) is 2. The smallest absolute Gasteiger partial charge is 0.166 e. The molecule has 3 heteroatoms. The normalized spacial score (nSPS) is 23.6. The van der Waals surface area contributed by atoms with Crippen molar-refractivity contribution in [2.45, 2.75) is 26.7 Å². The molecule has 1 aliphatic rings. The second kappa shape index (κ2) is 5.42. The van der Waals surface area contributed by atoms with Gasteiger partial charge in [0.15, 0.2) is 11.6 Å². The predicted octanol–water partition coefficient (Wildman–Crippen LogP) is 3.94. The van der Waals surface area contributed by atoms with Gasteiger partial charge in [-0.15, -0.1) is 0 Å². The molecule has 18 heavy (non-hydrogen) atoms. The lowest BCUT2D eigenvalue weighted by Gasteiger charge is -2.26. The molecule has 0 spiro atoms. The van der Waals surface area contributed by atoms with Crippen molar-refractivity contribution < 1.29 is 9.50 Å². The fraction of sp³-hybridized carbons (Fsp3) is 0.467. The zero-order valence-electron chi connectivity index (χ0n) is 10.9. The van der Waals surface area contributed by atoms with E-state index >= 15 is 0 Å². The summed E-state index contributed by atoms with van der Waals surface area (Å²) in [6.45, 7) is 5.25. The van der Waals surface area contributed by atoms with Crippen molar-refractivity contribution in [1.82, 2.24) is 0 Å². The van der Waals surface area contributed by atoms with Gasteiger partial charge in [-0.05, 0) is 43.7 Å². The topological polar surface area (TPSA) is 32.3 Å². The number of phenolic OH excluding ortho intramolecular Hbond substituents is 1. The third-order valence-electron chi connectivity index (χ3n) is 3.43. The molecule has 0 heterocycles. The highest BCUT2D eigenvalue weighted by atomic mass is 19.1. The summed E-state index contributed by atoms with van der Waals surface area (Å²) in [7, 11) is 0. The molecule has 1 aromatic carbocycles. The van der Waals surface area contributed by atoms with Crippen molar-refractivity contribution in [3.05, 3.63) is 35.7 Å². The Hall–Kier alpha value is -1.51. The SMILES string of the molecule is CC1=CC(C)CC(CNc2ccc(O)c(F)c2)C1. The van der Waals surface area contributed by atoms with Gasteiger partial charge in [0, 0.05) is 18.3 Å². The van der Waals surface area contributed by atoms with E-state index in [2.05, 4.69) is 25.2 Å². The zero-order valence-corrected chi connectivity index (χ0v) is 10.9. The molecule has 0 aliphatic heterocycles. The summed E-state index contributed by atoms with van der Waals surface area (Å²) in [6, 6.07) is 4.42. The van der Waals surface area contributed by atoms with E-state index in [0.29, 0.717) is 11.8 Å². The average molecular weight is 249 g/mol. The van der Waals surface area contributed by atoms with Gasteiger partial charge in [0.25, 0.3) is 0 Å². The fourth-order valence-corrected chi connectivity index (χ4v) is 2.72. The molecule has 1 aliphatic carbocycles. The summed E-state index contributed by atoms with van der Waals surface area (Å²) in [5.41, 5.74) is 2.17. The van der Waals surface area contributed by atoms with Crippen LogP contribution in [0.1, 0.15) is 26.7 Å². The van der Waals surface area contributed by atoms with E-state index in [4.69, 9.17) is 5.11 Å². The Morgan fingerprint density at radius 3 is 2.89 bits per heavy atom. The predicted molar refractivity (Wildman–Crippen MR) is 72.2 cm³/mol. The highest BCUT2D eigenvalue weighted by Gasteiger charge is 2.17. The third-order valence-corrected chi connectivity index (χ3v) is 3.43. The molecule has 0 radical (unpaired) electrons. The van der Waals surface area contributed by atoms with Crippen LogP contribution in [0, 0.1) is 17.7 Å². The Morgan fingerprint density at radius 1 is 1.44 bits per heavy atom. The summed E-state index contributed by atoms with van der Waals surface area (Å²) in [4.78, 5) is 0. The molecule has 0 fully saturated rings. The molecule has 0 saturated carbocycles. The van der Waals surface area contributed by atoms with Crippen molar-refractivity contribution in [2.24, 2.45) is 11.8 Å². The lowest BCUT2D eigenvalue weighted by molar-refractivity contribution is 0.420. The number of nitrogens with one attached hydrogen (secondary N) is 1. The number of benzene rings is 1. The lowest BCUT2D eigenvalue weighted by atomic mass is 9.84. The molecular formula is C15H20FNO. The molecule has 1 aromatic rings. The second-order valence-electron chi connectivity index (χ2n) is 5.34. The van der Waals surface area contributed by atoms with E-state index in [9.17, 15) is 4.39 Å². The van der Waals surface area contributed by atoms with Crippen LogP contribution in [0.25, 0.3) is 0 Å². The minimum absolute atomic E-state index is 0.300. The van der Waals surface area contributed by atoms with Crippen molar-refractivity contribution in [3.63, 3.8) is 0 Å². The number of rotatable bonds is 3. The highest BCUT2D eigenvalue weighted by molar-refractivity contribution is 5.46. The van der Waals surface area contributed by atoms with E-state index in [1.807, 2.05) is 0 Å². The highest BCUT2D eigenvalue weighted by Crippen LogP contribution is 2.28. The maximum atomic E-state index is 13.2. The first-order chi connectivity index (χ1) is 8.54. The number of phenols is 1. The number of allylic oxidation sites excluding steroid dienone is 2. The third kappa shape index (κ3) is 3.25. The second-order valence-corrected chi connectivity index (χ2v) is 5.34. The van der Waals surface area contributed by atoms with Gasteiger partial charge in [-0.2, -0.15) is 0 Å². The van der Waals surface area contributed by atoms with Gasteiger partial charge in [0.2, 0.25) is 0 Å². The van der Waals surface area contributed by atoms with Gasteiger partial charge in [0.05, 0.1) is 0 Å². The van der Waals surface area contributed by atoms with E-state index < -0.39 is 5.82 Å². The first-order valence-electron chi connectivity index (χ1n) is 6.44. The maximum Gasteiger partial charge on any atom is 0.166 e. The standard InChI is InChI=1S/C15H20FNO/c1-10-5-11(2)7-12(6-10)9-17-13-3-4-15(18)14(16)8-13/h3-5,8,10,12,17-18H,6-7,9H2,1-2H3. The van der Waals surface area contributed by atoms with E-state index in [1.54, 1.807) is 6.07 Å². The van der Waals surface area contributed by atoms with Crippen LogP contribution in [0.5, 0.6) is 5.75 Å². The first-order valence-corrected chi connectivity index (χ1v) is 6.44. The van der Waals surface area contributed by atoms with Gasteiger partial charge >= 0.3 is 0 Å². The summed E-state index contributed by atoms with van der Waals surface area (Å²) in [6.07, 6.45) is 4.61. The molecule has 0 saturated heterocycles. The fourth-order valence-electron chi connectivity index (χ4n) is 2.72. The van der Waals surface area contributed by atoms with Gasteiger partial charge in [0.1, 0.15) is 0 Å². The zero-order chi connectivity index (χ0) is 13.1. The molecule has 2 unspecified atom stereocenters. The Morgan fingerprint density at radius 2 is 2.22 bits per heavy atom. The van der Waals surface area contributed by atoms with Crippen molar-refractivity contribution >= 4 is 5.69 Å². The van der Waals surface area contributed by atoms with Crippen LogP contribution in [0.3, 0.4) is 0 Å². The number of aromatic hydroxyl groups is 1. The number of anilines is 1. The molecule has 0 bridgehead atoms. The number of hydrogen-bond acceptors (Lipinski definition) is 2. The van der Waals surface area contributed by atoms with Crippen LogP contribution in [0.4, 0.5) is 10.1 Å². The Kier molecular flexibility index (Phi) is 3.90. The molecule has 2 nitrogen and oxygen atoms in total. The molecule has 2 atom stereocenters. The lowest BCUT2D eigenvalue weighted by Crippen LogP contribution is -2.20. The van der Waals surface area contributed by atoms with E-state index in [1.165, 1.54) is 24.1 Å². The van der Waals surface area contributed by atoms with Gasteiger partial charge in [-0.3, -0.25) is 0 Å². The quantitative estimate of drug-likeness (QED) is 0.628. The maximum absolute atomic E-state index is 13.2.